The molecule has 1 aliphatic heterocycles. The quantitative estimate of drug-likeness (QED) is 0.204. The highest BCUT2D eigenvalue weighted by Gasteiger charge is 2.20. The van der Waals surface area contributed by atoms with E-state index < -0.39 is 0 Å². The summed E-state index contributed by atoms with van der Waals surface area (Å²) in [4.78, 5) is 44.8. The van der Waals surface area contributed by atoms with Crippen LogP contribution in [0.4, 0.5) is 11.4 Å². The predicted molar refractivity (Wildman–Crippen MR) is 180 cm³/mol. The summed E-state index contributed by atoms with van der Waals surface area (Å²) >= 11 is 0. The van der Waals surface area contributed by atoms with Crippen LogP contribution in [0.2, 0.25) is 0 Å². The fourth-order valence-electron chi connectivity index (χ4n) is 5.19. The Morgan fingerprint density at radius 3 is 2.15 bits per heavy atom. The zero-order valence-corrected chi connectivity index (χ0v) is 26.4. The summed E-state index contributed by atoms with van der Waals surface area (Å²) in [5.74, 6) is 0.676. The number of benzene rings is 4. The van der Waals surface area contributed by atoms with Crippen LogP contribution in [-0.4, -0.2) is 74.4 Å². The second kappa shape index (κ2) is 15.7. The molecule has 0 unspecified atom stereocenters. The van der Waals surface area contributed by atoms with Gasteiger partial charge in [0.1, 0.15) is 18.1 Å². The number of carbonyl (C=O) groups is 3. The van der Waals surface area contributed by atoms with Crippen molar-refractivity contribution >= 4 is 29.1 Å². The zero-order valence-electron chi connectivity index (χ0n) is 26.4. The third kappa shape index (κ3) is 8.51. The van der Waals surface area contributed by atoms with Gasteiger partial charge in [-0.2, -0.15) is 0 Å². The second-order valence-corrected chi connectivity index (χ2v) is 11.3. The van der Waals surface area contributed by atoms with Crippen molar-refractivity contribution in [1.82, 2.24) is 9.80 Å². The van der Waals surface area contributed by atoms with Gasteiger partial charge in [0, 0.05) is 50.9 Å². The minimum Gasteiger partial charge on any atom is -0.491 e. The van der Waals surface area contributed by atoms with E-state index in [1.807, 2.05) is 65.6 Å². The molecule has 0 saturated carbocycles. The van der Waals surface area contributed by atoms with E-state index >= 15 is 0 Å². The molecule has 238 valence electrons. The van der Waals surface area contributed by atoms with Gasteiger partial charge >= 0.3 is 0 Å². The maximum absolute atomic E-state index is 13.4. The molecule has 4 aromatic carbocycles. The number of piperazine rings is 1. The van der Waals surface area contributed by atoms with E-state index in [0.29, 0.717) is 60.1 Å². The molecule has 1 heterocycles. The third-order valence-corrected chi connectivity index (χ3v) is 7.94. The van der Waals surface area contributed by atoms with Gasteiger partial charge in [0.05, 0.1) is 17.9 Å². The van der Waals surface area contributed by atoms with Crippen LogP contribution in [0.5, 0.6) is 11.5 Å². The molecule has 1 aliphatic rings. The second-order valence-electron chi connectivity index (χ2n) is 11.3. The Hall–Kier alpha value is -5.15. The molecule has 0 spiro atoms. The molecule has 5 rings (SSSR count). The summed E-state index contributed by atoms with van der Waals surface area (Å²) in [6, 6.07) is 31.0. The third-order valence-electron chi connectivity index (χ3n) is 7.94. The summed E-state index contributed by atoms with van der Waals surface area (Å²) in [6.45, 7) is 4.03. The number of para-hydroxylation sites is 3. The fourth-order valence-corrected chi connectivity index (χ4v) is 5.19. The Morgan fingerprint density at radius 1 is 0.761 bits per heavy atom. The Kier molecular flexibility index (Phi) is 11.0. The van der Waals surface area contributed by atoms with Gasteiger partial charge in [-0.05, 0) is 67.6 Å². The van der Waals surface area contributed by atoms with Crippen molar-refractivity contribution in [3.05, 3.63) is 120 Å². The van der Waals surface area contributed by atoms with Crippen molar-refractivity contribution in [3.63, 3.8) is 0 Å². The van der Waals surface area contributed by atoms with Crippen molar-refractivity contribution in [2.45, 2.75) is 19.4 Å². The van der Waals surface area contributed by atoms with Gasteiger partial charge < -0.3 is 29.5 Å². The number of anilines is 2. The van der Waals surface area contributed by atoms with Gasteiger partial charge in [-0.15, -0.1) is 0 Å². The molecule has 0 bridgehead atoms. The summed E-state index contributed by atoms with van der Waals surface area (Å²) in [7, 11) is 3.76. The molecule has 1 fully saturated rings. The summed E-state index contributed by atoms with van der Waals surface area (Å²) < 4.78 is 12.0. The first-order valence-corrected chi connectivity index (χ1v) is 15.5. The molecule has 46 heavy (non-hydrogen) atoms. The van der Waals surface area contributed by atoms with Crippen LogP contribution >= 0.6 is 0 Å². The number of nitrogens with zero attached hydrogens (tertiary/aromatic N) is 3. The van der Waals surface area contributed by atoms with E-state index in [0.717, 1.165) is 31.7 Å². The molecule has 1 saturated heterocycles. The van der Waals surface area contributed by atoms with Gasteiger partial charge in [0.2, 0.25) is 5.91 Å². The number of carbonyl (C=O) groups excluding carboxylic acids is 3. The molecular formula is C37H40N4O5. The minimum absolute atomic E-state index is 0.150. The first-order valence-electron chi connectivity index (χ1n) is 15.5. The molecule has 9 heteroatoms. The molecule has 4 aromatic rings. The average Bonchev–Trinajstić information content (AvgIpc) is 3.10. The highest BCUT2D eigenvalue weighted by Crippen LogP contribution is 2.29. The number of likely N-dealkylation sites (N-methyl/N-ethyl adjacent to an activating group) is 1. The highest BCUT2D eigenvalue weighted by atomic mass is 16.5. The fraction of sp³-hybridized carbons (Fsp3) is 0.270. The maximum Gasteiger partial charge on any atom is 0.259 e. The van der Waals surface area contributed by atoms with Gasteiger partial charge in [-0.1, -0.05) is 54.6 Å². The van der Waals surface area contributed by atoms with Crippen LogP contribution in [0.1, 0.15) is 39.1 Å². The van der Waals surface area contributed by atoms with Crippen LogP contribution in [0.3, 0.4) is 0 Å². The maximum atomic E-state index is 13.4. The van der Waals surface area contributed by atoms with Crippen molar-refractivity contribution in [2.24, 2.45) is 0 Å². The molecule has 0 aliphatic carbocycles. The topological polar surface area (TPSA) is 91.4 Å². The summed E-state index contributed by atoms with van der Waals surface area (Å²) in [5, 5.41) is 2.90. The number of ether oxygens (including phenoxy) is 2. The van der Waals surface area contributed by atoms with E-state index in [2.05, 4.69) is 17.3 Å². The molecule has 0 atom stereocenters. The van der Waals surface area contributed by atoms with Crippen LogP contribution < -0.4 is 19.7 Å². The van der Waals surface area contributed by atoms with Crippen molar-refractivity contribution in [1.29, 1.82) is 0 Å². The van der Waals surface area contributed by atoms with Crippen molar-refractivity contribution in [2.75, 3.05) is 57.1 Å². The normalized spacial score (nSPS) is 13.1. The molecule has 9 nitrogen and oxygen atoms in total. The first-order chi connectivity index (χ1) is 22.4. The van der Waals surface area contributed by atoms with Crippen LogP contribution in [-0.2, 0) is 11.4 Å². The van der Waals surface area contributed by atoms with E-state index in [-0.39, 0.29) is 17.7 Å². The Morgan fingerprint density at radius 2 is 1.41 bits per heavy atom. The molecule has 1 N–H and O–H groups in total. The molecular weight excluding hydrogens is 580 g/mol. The standard InChI is InChI=1S/C37H40N4O5/c1-39-22-24-41(25-23-39)35(42)17-10-26-45-34-16-9-7-14-32(34)40(2)37(44)29-18-20-30(21-19-29)38-36(43)31-13-6-8-15-33(31)46-27-28-11-4-3-5-12-28/h3-9,11-16,18-21H,10,17,22-27H2,1-2H3,(H,38,43). The van der Waals surface area contributed by atoms with Gasteiger partial charge in [0.15, 0.2) is 0 Å². The van der Waals surface area contributed by atoms with E-state index in [4.69, 9.17) is 9.47 Å². The van der Waals surface area contributed by atoms with Crippen molar-refractivity contribution < 1.29 is 23.9 Å². The Bertz CT molecular complexity index is 1620. The lowest BCUT2D eigenvalue weighted by molar-refractivity contribution is -0.133. The average molecular weight is 621 g/mol. The lowest BCUT2D eigenvalue weighted by atomic mass is 10.1. The first kappa shape index (κ1) is 32.2. The Balaban J connectivity index is 1.15. The SMILES string of the molecule is CN1CCN(C(=O)CCCOc2ccccc2N(C)C(=O)c2ccc(NC(=O)c3ccccc3OCc3ccccc3)cc2)CC1. The highest BCUT2D eigenvalue weighted by molar-refractivity contribution is 6.08. The van der Waals surface area contributed by atoms with Crippen LogP contribution in [0.15, 0.2) is 103 Å². The summed E-state index contributed by atoms with van der Waals surface area (Å²) in [5.41, 5.74) is 3.06. The number of amides is 3. The summed E-state index contributed by atoms with van der Waals surface area (Å²) in [6.07, 6.45) is 1.02. The minimum atomic E-state index is -0.309. The lowest BCUT2D eigenvalue weighted by Crippen LogP contribution is -2.47. The van der Waals surface area contributed by atoms with E-state index in [1.165, 1.54) is 0 Å². The molecule has 0 radical (unpaired) electrons. The predicted octanol–water partition coefficient (Wildman–Crippen LogP) is 5.73. The molecule has 0 aromatic heterocycles. The van der Waals surface area contributed by atoms with E-state index in [1.54, 1.807) is 54.4 Å². The van der Waals surface area contributed by atoms with Crippen LogP contribution in [0, 0.1) is 0 Å². The monoisotopic (exact) mass is 620 g/mol. The number of hydrogen-bond donors (Lipinski definition) is 1. The zero-order chi connectivity index (χ0) is 32.3. The molecule has 3 amide bonds. The largest absolute Gasteiger partial charge is 0.491 e. The Labute approximate surface area is 270 Å². The van der Waals surface area contributed by atoms with Gasteiger partial charge in [0.25, 0.3) is 11.8 Å². The van der Waals surface area contributed by atoms with Crippen molar-refractivity contribution in [3.8, 4) is 11.5 Å². The number of nitrogens with one attached hydrogen (secondary N) is 1. The van der Waals surface area contributed by atoms with Crippen LogP contribution in [0.25, 0.3) is 0 Å². The smallest absolute Gasteiger partial charge is 0.259 e. The lowest BCUT2D eigenvalue weighted by Gasteiger charge is -2.32. The van der Waals surface area contributed by atoms with Gasteiger partial charge in [-0.25, -0.2) is 0 Å². The number of hydrogen-bond acceptors (Lipinski definition) is 6. The number of rotatable bonds is 12. The van der Waals surface area contributed by atoms with Gasteiger partial charge in [-0.3, -0.25) is 14.4 Å². The van der Waals surface area contributed by atoms with E-state index in [9.17, 15) is 14.4 Å².